The number of carbonyl (C=O) groups excluding carboxylic acids is 1. The summed E-state index contributed by atoms with van der Waals surface area (Å²) in [5, 5.41) is 0. The van der Waals surface area contributed by atoms with Crippen LogP contribution >= 0.6 is 11.8 Å². The van der Waals surface area contributed by atoms with Crippen molar-refractivity contribution in [1.82, 2.24) is 4.72 Å². The van der Waals surface area contributed by atoms with E-state index in [9.17, 15) is 13.2 Å². The van der Waals surface area contributed by atoms with Gasteiger partial charge in [0, 0.05) is 13.0 Å². The van der Waals surface area contributed by atoms with Crippen LogP contribution in [-0.2, 0) is 19.6 Å². The fraction of sp³-hybridized carbons (Fsp3) is 0.917. The summed E-state index contributed by atoms with van der Waals surface area (Å²) in [5.41, 5.74) is 0. The normalized spacial score (nSPS) is 19.5. The minimum atomic E-state index is -3.15. The predicted molar refractivity (Wildman–Crippen MR) is 77.7 cm³/mol. The fourth-order valence-electron chi connectivity index (χ4n) is 1.90. The topological polar surface area (TPSA) is 72.5 Å². The number of hydrogen-bond donors (Lipinski definition) is 1. The average Bonchev–Trinajstić information content (AvgIpc) is 2.89. The van der Waals surface area contributed by atoms with E-state index in [0.717, 1.165) is 24.3 Å². The van der Waals surface area contributed by atoms with Crippen LogP contribution in [0.25, 0.3) is 0 Å². The van der Waals surface area contributed by atoms with Crippen LogP contribution in [-0.4, -0.2) is 45.3 Å². The molecule has 0 aliphatic carbocycles. The van der Waals surface area contributed by atoms with Crippen molar-refractivity contribution < 1.29 is 17.9 Å². The number of unbranched alkanes of at least 4 members (excludes halogenated alkanes) is 2. The van der Waals surface area contributed by atoms with Gasteiger partial charge in [-0.05, 0) is 36.7 Å². The van der Waals surface area contributed by atoms with Crippen molar-refractivity contribution in [2.45, 2.75) is 32.1 Å². The van der Waals surface area contributed by atoms with Crippen LogP contribution in [0.4, 0.5) is 0 Å². The highest BCUT2D eigenvalue weighted by molar-refractivity contribution is 7.99. The van der Waals surface area contributed by atoms with E-state index in [0.29, 0.717) is 31.7 Å². The lowest BCUT2D eigenvalue weighted by atomic mass is 10.1. The Bertz CT molecular complexity index is 364. The monoisotopic (exact) mass is 309 g/mol. The highest BCUT2D eigenvalue weighted by Gasteiger charge is 2.18. The molecule has 1 fully saturated rings. The number of rotatable bonds is 9. The van der Waals surface area contributed by atoms with Crippen molar-refractivity contribution in [3.8, 4) is 0 Å². The predicted octanol–water partition coefficient (Wildman–Crippen LogP) is 1.39. The van der Waals surface area contributed by atoms with Crippen molar-refractivity contribution in [2.24, 2.45) is 5.92 Å². The molecule has 1 saturated heterocycles. The van der Waals surface area contributed by atoms with Crippen LogP contribution in [0.3, 0.4) is 0 Å². The van der Waals surface area contributed by atoms with E-state index in [1.165, 1.54) is 7.11 Å². The molecule has 1 aliphatic heterocycles. The van der Waals surface area contributed by atoms with Gasteiger partial charge in [-0.15, -0.1) is 0 Å². The molecule has 0 saturated carbocycles. The average molecular weight is 309 g/mol. The molecular formula is C12H23NO4S2. The van der Waals surface area contributed by atoms with Gasteiger partial charge in [-0.1, -0.05) is 6.42 Å². The summed E-state index contributed by atoms with van der Waals surface area (Å²) in [7, 11) is -1.79. The molecule has 0 aromatic rings. The van der Waals surface area contributed by atoms with Gasteiger partial charge in [0.15, 0.2) is 0 Å². The summed E-state index contributed by atoms with van der Waals surface area (Å²) in [4.78, 5) is 10.9. The van der Waals surface area contributed by atoms with Gasteiger partial charge >= 0.3 is 5.97 Å². The molecule has 0 radical (unpaired) electrons. The van der Waals surface area contributed by atoms with E-state index in [2.05, 4.69) is 9.46 Å². The lowest BCUT2D eigenvalue weighted by molar-refractivity contribution is -0.140. The highest BCUT2D eigenvalue weighted by atomic mass is 32.2. The van der Waals surface area contributed by atoms with Gasteiger partial charge in [-0.2, -0.15) is 11.8 Å². The van der Waals surface area contributed by atoms with Gasteiger partial charge < -0.3 is 4.74 Å². The Kier molecular flexibility index (Phi) is 7.78. The van der Waals surface area contributed by atoms with Crippen LogP contribution < -0.4 is 4.72 Å². The summed E-state index contributed by atoms with van der Waals surface area (Å²) in [6.45, 7) is 0.567. The zero-order valence-corrected chi connectivity index (χ0v) is 13.0. The summed E-state index contributed by atoms with van der Waals surface area (Å²) in [6.07, 6.45) is 3.47. The summed E-state index contributed by atoms with van der Waals surface area (Å²) in [5.74, 6) is 2.59. The Morgan fingerprint density at radius 2 is 2.16 bits per heavy atom. The van der Waals surface area contributed by atoms with Crippen LogP contribution in [0.1, 0.15) is 32.1 Å². The molecule has 1 atom stereocenters. The number of ether oxygens (including phenoxy) is 1. The maximum absolute atomic E-state index is 11.7. The molecule has 1 unspecified atom stereocenters. The Morgan fingerprint density at radius 1 is 1.37 bits per heavy atom. The number of sulfonamides is 1. The highest BCUT2D eigenvalue weighted by Crippen LogP contribution is 2.22. The summed E-state index contributed by atoms with van der Waals surface area (Å²) < 4.78 is 30.7. The SMILES string of the molecule is COC(=O)CCCCCS(=O)(=O)NCC1CCSC1. The van der Waals surface area contributed by atoms with E-state index in [1.807, 2.05) is 11.8 Å². The third-order valence-electron chi connectivity index (χ3n) is 3.14. The third-order valence-corrected chi connectivity index (χ3v) is 5.80. The van der Waals surface area contributed by atoms with Gasteiger partial charge in [-0.25, -0.2) is 13.1 Å². The largest absolute Gasteiger partial charge is 0.469 e. The molecule has 1 heterocycles. The molecule has 0 aromatic carbocycles. The first kappa shape index (κ1) is 16.8. The minimum Gasteiger partial charge on any atom is -0.469 e. The van der Waals surface area contributed by atoms with E-state index in [4.69, 9.17) is 0 Å². The second kappa shape index (κ2) is 8.81. The van der Waals surface area contributed by atoms with Crippen LogP contribution in [0.5, 0.6) is 0 Å². The second-order valence-corrected chi connectivity index (χ2v) is 7.86. The summed E-state index contributed by atoms with van der Waals surface area (Å²) in [6, 6.07) is 0. The van der Waals surface area contributed by atoms with Crippen molar-refractivity contribution in [3.63, 3.8) is 0 Å². The molecule has 19 heavy (non-hydrogen) atoms. The Balaban J connectivity index is 2.07. The van der Waals surface area contributed by atoms with Gasteiger partial charge in [0.1, 0.15) is 0 Å². The van der Waals surface area contributed by atoms with Gasteiger partial charge in [0.2, 0.25) is 10.0 Å². The molecule has 112 valence electrons. The first-order valence-electron chi connectivity index (χ1n) is 6.65. The number of thioether (sulfide) groups is 1. The van der Waals surface area contributed by atoms with Crippen molar-refractivity contribution >= 4 is 27.8 Å². The minimum absolute atomic E-state index is 0.147. The van der Waals surface area contributed by atoms with Crippen molar-refractivity contribution in [2.75, 3.05) is 30.9 Å². The van der Waals surface area contributed by atoms with Gasteiger partial charge in [0.25, 0.3) is 0 Å². The van der Waals surface area contributed by atoms with Crippen LogP contribution in [0.2, 0.25) is 0 Å². The van der Waals surface area contributed by atoms with Crippen molar-refractivity contribution in [1.29, 1.82) is 0 Å². The van der Waals surface area contributed by atoms with Crippen molar-refractivity contribution in [3.05, 3.63) is 0 Å². The molecule has 0 aromatic heterocycles. The first-order chi connectivity index (χ1) is 9.03. The number of carbonyl (C=O) groups is 1. The maximum Gasteiger partial charge on any atom is 0.305 e. The zero-order chi connectivity index (χ0) is 14.1. The molecule has 1 N–H and O–H groups in total. The molecule has 0 bridgehead atoms. The number of methoxy groups -OCH3 is 1. The zero-order valence-electron chi connectivity index (χ0n) is 11.4. The van der Waals surface area contributed by atoms with E-state index in [1.54, 1.807) is 0 Å². The smallest absolute Gasteiger partial charge is 0.305 e. The number of nitrogens with one attached hydrogen (secondary N) is 1. The number of esters is 1. The van der Waals surface area contributed by atoms with E-state index < -0.39 is 10.0 Å². The second-order valence-electron chi connectivity index (χ2n) is 4.78. The quantitative estimate of drug-likeness (QED) is 0.515. The Hall–Kier alpha value is -0.270. The molecule has 0 spiro atoms. The van der Waals surface area contributed by atoms with E-state index >= 15 is 0 Å². The van der Waals surface area contributed by atoms with Crippen LogP contribution in [0.15, 0.2) is 0 Å². The first-order valence-corrected chi connectivity index (χ1v) is 9.46. The fourth-order valence-corrected chi connectivity index (χ4v) is 4.40. The lowest BCUT2D eigenvalue weighted by Crippen LogP contribution is -2.31. The molecule has 5 nitrogen and oxygen atoms in total. The Labute approximate surface area is 119 Å². The molecule has 1 aliphatic rings. The van der Waals surface area contributed by atoms with E-state index in [-0.39, 0.29) is 11.7 Å². The molecule has 1 rings (SSSR count). The summed E-state index contributed by atoms with van der Waals surface area (Å²) >= 11 is 1.88. The van der Waals surface area contributed by atoms with Gasteiger partial charge in [0.05, 0.1) is 12.9 Å². The van der Waals surface area contributed by atoms with Crippen LogP contribution in [0, 0.1) is 5.92 Å². The standard InChI is InChI=1S/C12H23NO4S2/c1-17-12(14)5-3-2-4-8-19(15,16)13-9-11-6-7-18-10-11/h11,13H,2-10H2,1H3. The molecule has 7 heteroatoms. The number of hydrogen-bond acceptors (Lipinski definition) is 5. The molecular weight excluding hydrogens is 286 g/mol. The lowest BCUT2D eigenvalue weighted by Gasteiger charge is -2.10. The third kappa shape index (κ3) is 7.79. The molecule has 0 amide bonds. The van der Waals surface area contributed by atoms with Gasteiger partial charge in [-0.3, -0.25) is 4.79 Å². The maximum atomic E-state index is 11.7. The Morgan fingerprint density at radius 3 is 2.79 bits per heavy atom.